The number of aryl methyl sites for hydroxylation is 1. The second kappa shape index (κ2) is 4.17. The number of fused-ring (bicyclic) bond motifs is 1. The van der Waals surface area contributed by atoms with Gasteiger partial charge >= 0.3 is 0 Å². The molecule has 18 heavy (non-hydrogen) atoms. The maximum Gasteiger partial charge on any atom is 0.177 e. The fourth-order valence-electron chi connectivity index (χ4n) is 2.55. The maximum absolute atomic E-state index is 11.6. The molecule has 0 bridgehead atoms. The Labute approximate surface area is 105 Å². The van der Waals surface area contributed by atoms with Gasteiger partial charge in [-0.1, -0.05) is 0 Å². The van der Waals surface area contributed by atoms with Crippen molar-refractivity contribution in [3.63, 3.8) is 0 Å². The van der Waals surface area contributed by atoms with E-state index in [-0.39, 0.29) is 12.1 Å². The van der Waals surface area contributed by atoms with Gasteiger partial charge in [-0.25, -0.2) is 9.97 Å². The molecule has 0 saturated carbocycles. The van der Waals surface area contributed by atoms with Crippen molar-refractivity contribution in [2.24, 2.45) is 0 Å². The van der Waals surface area contributed by atoms with Crippen LogP contribution in [0.3, 0.4) is 0 Å². The Bertz CT molecular complexity index is 604. The Morgan fingerprint density at radius 2 is 2.22 bits per heavy atom. The monoisotopic (exact) mass is 244 g/mol. The summed E-state index contributed by atoms with van der Waals surface area (Å²) in [5, 5.41) is 3.44. The molecule has 1 fully saturated rings. The second-order valence-corrected chi connectivity index (χ2v) is 5.03. The summed E-state index contributed by atoms with van der Waals surface area (Å²) in [6, 6.07) is 2.34. The van der Waals surface area contributed by atoms with E-state index in [4.69, 9.17) is 0 Å². The Morgan fingerprint density at radius 1 is 1.39 bits per heavy atom. The van der Waals surface area contributed by atoms with E-state index >= 15 is 0 Å². The number of piperidine rings is 1. The van der Waals surface area contributed by atoms with E-state index < -0.39 is 0 Å². The van der Waals surface area contributed by atoms with E-state index in [2.05, 4.69) is 20.3 Å². The highest BCUT2D eigenvalue weighted by Crippen LogP contribution is 2.24. The summed E-state index contributed by atoms with van der Waals surface area (Å²) in [5.41, 5.74) is 2.70. The van der Waals surface area contributed by atoms with E-state index in [1.165, 1.54) is 0 Å². The number of carbonyl (C=O) groups excluding carboxylic acids is 1. The van der Waals surface area contributed by atoms with Crippen molar-refractivity contribution in [1.82, 2.24) is 20.3 Å². The van der Waals surface area contributed by atoms with Crippen LogP contribution in [0.1, 0.15) is 37.2 Å². The minimum Gasteiger partial charge on any atom is -0.341 e. The number of ketones is 1. The van der Waals surface area contributed by atoms with Crippen molar-refractivity contribution in [2.45, 2.75) is 38.8 Å². The second-order valence-electron chi connectivity index (χ2n) is 5.03. The Kier molecular flexibility index (Phi) is 2.63. The van der Waals surface area contributed by atoms with Crippen molar-refractivity contribution in [1.29, 1.82) is 0 Å². The molecule has 0 radical (unpaired) electrons. The molecule has 2 atom stereocenters. The molecule has 5 nitrogen and oxygen atoms in total. The van der Waals surface area contributed by atoms with E-state index in [1.54, 1.807) is 0 Å². The molecule has 1 aliphatic heterocycles. The van der Waals surface area contributed by atoms with Crippen LogP contribution in [0, 0.1) is 6.92 Å². The van der Waals surface area contributed by atoms with E-state index in [1.807, 2.05) is 26.1 Å². The standard InChI is InChI=1S/C13H16N4O/c1-7-3-10(18)5-11(15-7)9-4-12-13(14-6-9)17-8(2)16-12/h4,6-7,11,15H,3,5H2,1-2H3,(H,14,16,17). The van der Waals surface area contributed by atoms with E-state index in [0.717, 1.165) is 22.6 Å². The minimum absolute atomic E-state index is 0.0711. The fraction of sp³-hybridized carbons (Fsp3) is 0.462. The quantitative estimate of drug-likeness (QED) is 0.800. The zero-order chi connectivity index (χ0) is 12.7. The van der Waals surface area contributed by atoms with Crippen molar-refractivity contribution >= 4 is 16.9 Å². The number of rotatable bonds is 1. The van der Waals surface area contributed by atoms with Gasteiger partial charge in [0.05, 0.1) is 5.52 Å². The van der Waals surface area contributed by atoms with Crippen LogP contribution in [0.4, 0.5) is 0 Å². The number of nitrogens with zero attached hydrogens (tertiary/aromatic N) is 2. The van der Waals surface area contributed by atoms with Crippen LogP contribution in [0.5, 0.6) is 0 Å². The average Bonchev–Trinajstić information content (AvgIpc) is 2.66. The number of H-pyrrole nitrogens is 1. The molecule has 2 unspecified atom stereocenters. The van der Waals surface area contributed by atoms with Gasteiger partial charge in [0.2, 0.25) is 0 Å². The van der Waals surface area contributed by atoms with Gasteiger partial charge in [0, 0.05) is 31.1 Å². The molecule has 3 heterocycles. The van der Waals surface area contributed by atoms with Gasteiger partial charge in [-0.3, -0.25) is 4.79 Å². The highest BCUT2D eigenvalue weighted by atomic mass is 16.1. The smallest absolute Gasteiger partial charge is 0.177 e. The molecule has 2 aromatic heterocycles. The topological polar surface area (TPSA) is 70.7 Å². The van der Waals surface area contributed by atoms with Crippen LogP contribution in [0.25, 0.3) is 11.2 Å². The molecular weight excluding hydrogens is 228 g/mol. The third-order valence-electron chi connectivity index (χ3n) is 3.33. The van der Waals surface area contributed by atoms with Crippen LogP contribution in [0.15, 0.2) is 12.3 Å². The van der Waals surface area contributed by atoms with Gasteiger partial charge in [0.15, 0.2) is 5.65 Å². The summed E-state index contributed by atoms with van der Waals surface area (Å²) in [4.78, 5) is 23.4. The van der Waals surface area contributed by atoms with Crippen molar-refractivity contribution in [3.8, 4) is 0 Å². The number of aromatic nitrogens is 3. The first-order chi connectivity index (χ1) is 8.61. The molecule has 0 aliphatic carbocycles. The minimum atomic E-state index is 0.0711. The summed E-state index contributed by atoms with van der Waals surface area (Å²) < 4.78 is 0. The van der Waals surface area contributed by atoms with E-state index in [9.17, 15) is 4.79 Å². The number of aromatic amines is 1. The number of hydrogen-bond donors (Lipinski definition) is 2. The largest absolute Gasteiger partial charge is 0.341 e. The summed E-state index contributed by atoms with van der Waals surface area (Å²) in [6.45, 7) is 3.95. The molecule has 94 valence electrons. The van der Waals surface area contributed by atoms with Crippen LogP contribution < -0.4 is 5.32 Å². The third kappa shape index (κ3) is 2.01. The summed E-state index contributed by atoms with van der Waals surface area (Å²) in [5.74, 6) is 1.17. The molecule has 0 aromatic carbocycles. The number of imidazole rings is 1. The third-order valence-corrected chi connectivity index (χ3v) is 3.33. The highest BCUT2D eigenvalue weighted by molar-refractivity contribution is 5.81. The fourth-order valence-corrected chi connectivity index (χ4v) is 2.55. The zero-order valence-corrected chi connectivity index (χ0v) is 10.5. The van der Waals surface area contributed by atoms with Crippen LogP contribution >= 0.6 is 0 Å². The van der Waals surface area contributed by atoms with Crippen LogP contribution in [-0.4, -0.2) is 26.8 Å². The first kappa shape index (κ1) is 11.3. The number of nitrogens with one attached hydrogen (secondary N) is 2. The predicted molar refractivity (Wildman–Crippen MR) is 68.2 cm³/mol. The first-order valence-electron chi connectivity index (χ1n) is 6.22. The molecule has 1 aliphatic rings. The zero-order valence-electron chi connectivity index (χ0n) is 10.5. The Hall–Kier alpha value is -1.75. The van der Waals surface area contributed by atoms with Gasteiger partial charge in [-0.05, 0) is 25.5 Å². The SMILES string of the molecule is Cc1nc2ncc(C3CC(=O)CC(C)N3)cc2[nH]1. The van der Waals surface area contributed by atoms with Gasteiger partial charge < -0.3 is 10.3 Å². The summed E-state index contributed by atoms with van der Waals surface area (Å²) >= 11 is 0. The summed E-state index contributed by atoms with van der Waals surface area (Å²) in [7, 11) is 0. The predicted octanol–water partition coefficient (Wildman–Crippen LogP) is 1.65. The molecular formula is C13H16N4O. The molecule has 5 heteroatoms. The lowest BCUT2D eigenvalue weighted by molar-refractivity contribution is -0.121. The van der Waals surface area contributed by atoms with Crippen LogP contribution in [0.2, 0.25) is 0 Å². The van der Waals surface area contributed by atoms with Gasteiger partial charge in [-0.2, -0.15) is 0 Å². The normalized spacial score (nSPS) is 24.7. The van der Waals surface area contributed by atoms with Gasteiger partial charge in [-0.15, -0.1) is 0 Å². The van der Waals surface area contributed by atoms with E-state index in [0.29, 0.717) is 18.6 Å². The molecule has 2 N–H and O–H groups in total. The molecule has 0 spiro atoms. The van der Waals surface area contributed by atoms with Gasteiger partial charge in [0.25, 0.3) is 0 Å². The number of carbonyl (C=O) groups is 1. The Morgan fingerprint density at radius 3 is 3.00 bits per heavy atom. The lowest BCUT2D eigenvalue weighted by Crippen LogP contribution is -2.38. The molecule has 3 rings (SSSR count). The number of hydrogen-bond acceptors (Lipinski definition) is 4. The van der Waals surface area contributed by atoms with Gasteiger partial charge in [0.1, 0.15) is 11.6 Å². The number of Topliss-reactive ketones (excluding diaryl/α,β-unsaturated/α-hetero) is 1. The Balaban J connectivity index is 1.95. The lowest BCUT2D eigenvalue weighted by atomic mass is 9.94. The highest BCUT2D eigenvalue weighted by Gasteiger charge is 2.25. The van der Waals surface area contributed by atoms with Crippen molar-refractivity contribution in [2.75, 3.05) is 0 Å². The van der Waals surface area contributed by atoms with Crippen molar-refractivity contribution in [3.05, 3.63) is 23.7 Å². The molecule has 1 saturated heterocycles. The molecule has 2 aromatic rings. The molecule has 0 amide bonds. The average molecular weight is 244 g/mol. The van der Waals surface area contributed by atoms with Crippen molar-refractivity contribution < 1.29 is 4.79 Å². The maximum atomic E-state index is 11.6. The number of pyridine rings is 1. The first-order valence-corrected chi connectivity index (χ1v) is 6.22. The lowest BCUT2D eigenvalue weighted by Gasteiger charge is -2.27. The summed E-state index contributed by atoms with van der Waals surface area (Å²) in [6.07, 6.45) is 2.98. The van der Waals surface area contributed by atoms with Crippen LogP contribution in [-0.2, 0) is 4.79 Å².